The number of hydrogen-bond acceptors (Lipinski definition) is 4. The minimum absolute atomic E-state index is 0.00444. The molecule has 0 aliphatic heterocycles. The van der Waals surface area contributed by atoms with E-state index in [1.165, 1.54) is 18.7 Å². The van der Waals surface area contributed by atoms with Gasteiger partial charge in [0.25, 0.3) is 0 Å². The van der Waals surface area contributed by atoms with Crippen LogP contribution in [0.25, 0.3) is 0 Å². The van der Waals surface area contributed by atoms with Gasteiger partial charge in [0, 0.05) is 27.8 Å². The number of nitrogens with one attached hydrogen (secondary N) is 2. The monoisotopic (exact) mass is 368 g/mol. The van der Waals surface area contributed by atoms with E-state index in [0.717, 1.165) is 23.4 Å². The molecule has 3 rings (SSSR count). The molecule has 26 heavy (non-hydrogen) atoms. The minimum atomic E-state index is -0.114. The Kier molecular flexibility index (Phi) is 5.73. The Bertz CT molecular complexity index is 812. The van der Waals surface area contributed by atoms with Gasteiger partial charge in [0.2, 0.25) is 11.8 Å². The summed E-state index contributed by atoms with van der Waals surface area (Å²) in [7, 11) is 0. The van der Waals surface area contributed by atoms with Crippen molar-refractivity contribution in [1.82, 2.24) is 0 Å². The van der Waals surface area contributed by atoms with Crippen molar-refractivity contribution < 1.29 is 14.4 Å². The van der Waals surface area contributed by atoms with Gasteiger partial charge in [-0.1, -0.05) is 0 Å². The Morgan fingerprint density at radius 2 is 1.50 bits per heavy atom. The Hall–Kier alpha value is -2.60. The lowest BCUT2D eigenvalue weighted by atomic mass is 10.1. The molecule has 5 nitrogen and oxygen atoms in total. The van der Waals surface area contributed by atoms with E-state index in [9.17, 15) is 14.4 Å². The van der Waals surface area contributed by atoms with E-state index >= 15 is 0 Å². The minimum Gasteiger partial charge on any atom is -0.326 e. The number of Topliss-reactive ketones (excluding diaryl/α,β-unsaturated/α-hetero) is 1. The number of hydrogen-bond donors (Lipinski definition) is 2. The summed E-state index contributed by atoms with van der Waals surface area (Å²) in [5.74, 6) is 0.423. The van der Waals surface area contributed by atoms with Crippen molar-refractivity contribution in [3.05, 3.63) is 54.1 Å². The van der Waals surface area contributed by atoms with E-state index < -0.39 is 0 Å². The van der Waals surface area contributed by atoms with Gasteiger partial charge in [-0.3, -0.25) is 14.4 Å². The first-order chi connectivity index (χ1) is 12.5. The summed E-state index contributed by atoms with van der Waals surface area (Å²) >= 11 is 1.42. The first kappa shape index (κ1) is 18.2. The fraction of sp³-hybridized carbons (Fsp3) is 0.250. The molecule has 1 aliphatic carbocycles. The van der Waals surface area contributed by atoms with Gasteiger partial charge in [-0.15, -0.1) is 11.8 Å². The summed E-state index contributed by atoms with van der Waals surface area (Å²) < 4.78 is 0. The van der Waals surface area contributed by atoms with Crippen molar-refractivity contribution in [3.63, 3.8) is 0 Å². The molecule has 2 N–H and O–H groups in total. The van der Waals surface area contributed by atoms with E-state index in [2.05, 4.69) is 10.6 Å². The molecule has 2 aromatic rings. The van der Waals surface area contributed by atoms with Crippen LogP contribution in [0.2, 0.25) is 0 Å². The summed E-state index contributed by atoms with van der Waals surface area (Å²) in [5.41, 5.74) is 2.06. The van der Waals surface area contributed by atoms with Crippen molar-refractivity contribution in [2.24, 2.45) is 5.92 Å². The van der Waals surface area contributed by atoms with Crippen LogP contribution in [0.4, 0.5) is 11.4 Å². The smallest absolute Gasteiger partial charge is 0.234 e. The van der Waals surface area contributed by atoms with Gasteiger partial charge in [-0.2, -0.15) is 0 Å². The molecule has 134 valence electrons. The standard InChI is InChI=1S/C20H20N2O3S/c1-13(23)14-4-6-16(7-5-14)21-19(24)12-26-18-10-8-17(9-11-18)22-20(25)15-2-3-15/h4-11,15H,2-3,12H2,1H3,(H,21,24)(H,22,25). The van der Waals surface area contributed by atoms with Gasteiger partial charge in [-0.05, 0) is 68.3 Å². The average molecular weight is 368 g/mol. The zero-order valence-electron chi connectivity index (χ0n) is 14.5. The van der Waals surface area contributed by atoms with E-state index in [4.69, 9.17) is 0 Å². The highest BCUT2D eigenvalue weighted by molar-refractivity contribution is 8.00. The fourth-order valence-corrected chi connectivity index (χ4v) is 3.06. The lowest BCUT2D eigenvalue weighted by Crippen LogP contribution is -2.14. The van der Waals surface area contributed by atoms with Crippen LogP contribution in [0, 0.1) is 5.92 Å². The summed E-state index contributed by atoms with van der Waals surface area (Å²) in [5, 5.41) is 5.70. The third kappa shape index (κ3) is 5.20. The normalized spacial score (nSPS) is 13.1. The molecule has 2 aromatic carbocycles. The largest absolute Gasteiger partial charge is 0.326 e. The van der Waals surface area contributed by atoms with Gasteiger partial charge < -0.3 is 10.6 Å². The fourth-order valence-electron chi connectivity index (χ4n) is 2.36. The molecule has 6 heteroatoms. The van der Waals surface area contributed by atoms with Gasteiger partial charge in [0.05, 0.1) is 5.75 Å². The predicted octanol–water partition coefficient (Wildman–Crippen LogP) is 3.97. The molecule has 0 bridgehead atoms. The highest BCUT2D eigenvalue weighted by Gasteiger charge is 2.29. The Labute approximate surface area is 156 Å². The summed E-state index contributed by atoms with van der Waals surface area (Å²) in [6.45, 7) is 1.51. The lowest BCUT2D eigenvalue weighted by molar-refractivity contribution is -0.117. The number of ketones is 1. The maximum atomic E-state index is 12.0. The number of benzene rings is 2. The van der Waals surface area contributed by atoms with Crippen LogP contribution in [0.1, 0.15) is 30.1 Å². The van der Waals surface area contributed by atoms with Crippen LogP contribution in [-0.4, -0.2) is 23.4 Å². The highest BCUT2D eigenvalue weighted by atomic mass is 32.2. The molecule has 0 heterocycles. The second kappa shape index (κ2) is 8.19. The number of carbonyl (C=O) groups is 3. The van der Waals surface area contributed by atoms with Crippen molar-refractivity contribution in [2.45, 2.75) is 24.7 Å². The van der Waals surface area contributed by atoms with Gasteiger partial charge in [0.1, 0.15) is 0 Å². The summed E-state index contributed by atoms with van der Waals surface area (Å²) in [6.07, 6.45) is 1.96. The molecule has 1 saturated carbocycles. The van der Waals surface area contributed by atoms with E-state index in [1.807, 2.05) is 24.3 Å². The number of rotatable bonds is 7. The Morgan fingerprint density at radius 3 is 2.08 bits per heavy atom. The SMILES string of the molecule is CC(=O)c1ccc(NC(=O)CSc2ccc(NC(=O)C3CC3)cc2)cc1. The quantitative estimate of drug-likeness (QED) is 0.573. The molecular formula is C20H20N2O3S. The zero-order chi connectivity index (χ0) is 18.5. The molecule has 0 saturated heterocycles. The van der Waals surface area contributed by atoms with Gasteiger partial charge >= 0.3 is 0 Å². The van der Waals surface area contributed by atoms with E-state index in [1.54, 1.807) is 24.3 Å². The van der Waals surface area contributed by atoms with Crippen LogP contribution < -0.4 is 10.6 Å². The van der Waals surface area contributed by atoms with Crippen molar-refractivity contribution in [2.75, 3.05) is 16.4 Å². The number of carbonyl (C=O) groups excluding carboxylic acids is 3. The molecule has 1 fully saturated rings. The van der Waals surface area contributed by atoms with E-state index in [-0.39, 0.29) is 29.3 Å². The van der Waals surface area contributed by atoms with Crippen molar-refractivity contribution in [3.8, 4) is 0 Å². The van der Waals surface area contributed by atoms with Crippen LogP contribution in [0.15, 0.2) is 53.4 Å². The number of thioether (sulfide) groups is 1. The topological polar surface area (TPSA) is 75.3 Å². The van der Waals surface area contributed by atoms with E-state index in [0.29, 0.717) is 11.3 Å². The van der Waals surface area contributed by atoms with Crippen molar-refractivity contribution >= 4 is 40.7 Å². The molecule has 0 atom stereocenters. The molecule has 2 amide bonds. The van der Waals surface area contributed by atoms with Crippen LogP contribution in [-0.2, 0) is 9.59 Å². The number of amides is 2. The molecule has 0 aromatic heterocycles. The molecule has 1 aliphatic rings. The number of anilines is 2. The van der Waals surface area contributed by atoms with Gasteiger partial charge in [-0.25, -0.2) is 0 Å². The second-order valence-corrected chi connectivity index (χ2v) is 7.31. The Morgan fingerprint density at radius 1 is 0.923 bits per heavy atom. The highest BCUT2D eigenvalue weighted by Crippen LogP contribution is 2.30. The van der Waals surface area contributed by atoms with Gasteiger partial charge in [0.15, 0.2) is 5.78 Å². The maximum Gasteiger partial charge on any atom is 0.234 e. The first-order valence-corrected chi connectivity index (χ1v) is 9.44. The van der Waals surface area contributed by atoms with Crippen LogP contribution in [0.3, 0.4) is 0 Å². The molecule has 0 unspecified atom stereocenters. The average Bonchev–Trinajstić information content (AvgIpc) is 3.47. The molecular weight excluding hydrogens is 348 g/mol. The zero-order valence-corrected chi connectivity index (χ0v) is 15.3. The molecule has 0 radical (unpaired) electrons. The first-order valence-electron chi connectivity index (χ1n) is 8.46. The summed E-state index contributed by atoms with van der Waals surface area (Å²) in [6, 6.07) is 14.3. The third-order valence-electron chi connectivity index (χ3n) is 4.02. The lowest BCUT2D eigenvalue weighted by Gasteiger charge is -2.07. The van der Waals surface area contributed by atoms with Crippen LogP contribution in [0.5, 0.6) is 0 Å². The third-order valence-corrected chi connectivity index (χ3v) is 5.03. The van der Waals surface area contributed by atoms with Crippen molar-refractivity contribution in [1.29, 1.82) is 0 Å². The Balaban J connectivity index is 1.46. The maximum absolute atomic E-state index is 12.0. The molecule has 0 spiro atoms. The second-order valence-electron chi connectivity index (χ2n) is 6.26. The predicted molar refractivity (Wildman–Crippen MR) is 104 cm³/mol. The van der Waals surface area contributed by atoms with Crippen LogP contribution >= 0.6 is 11.8 Å². The summed E-state index contributed by atoms with van der Waals surface area (Å²) in [4.78, 5) is 36.0.